The van der Waals surface area contributed by atoms with Gasteiger partial charge in [0.1, 0.15) is 8.07 Å². The predicted octanol–water partition coefficient (Wildman–Crippen LogP) is 6.07. The Bertz CT molecular complexity index is 632. The van der Waals surface area contributed by atoms with E-state index in [1.165, 1.54) is 5.56 Å². The highest BCUT2D eigenvalue weighted by Crippen LogP contribution is 2.37. The molecule has 0 spiro atoms. The second kappa shape index (κ2) is 9.56. The Balaban J connectivity index is 2.99. The van der Waals surface area contributed by atoms with Crippen LogP contribution >= 0.6 is 0 Å². The van der Waals surface area contributed by atoms with E-state index in [0.717, 1.165) is 6.54 Å². The molecule has 0 saturated heterocycles. The Labute approximate surface area is 170 Å². The quantitative estimate of drug-likeness (QED) is 0.440. The Morgan fingerprint density at radius 2 is 1.56 bits per heavy atom. The molecule has 1 rings (SSSR count). The van der Waals surface area contributed by atoms with Crippen LogP contribution in [0, 0.1) is 17.4 Å². The maximum absolute atomic E-state index is 6.73. The summed E-state index contributed by atoms with van der Waals surface area (Å²) in [5, 5.41) is 3.96. The molecule has 0 saturated carbocycles. The number of hydrogen-bond acceptors (Lipinski definition) is 2. The zero-order valence-corrected chi connectivity index (χ0v) is 21.2. The summed E-state index contributed by atoms with van der Waals surface area (Å²) in [6.07, 6.45) is 0.125. The van der Waals surface area contributed by atoms with Crippen molar-refractivity contribution in [2.75, 3.05) is 0 Å². The first-order chi connectivity index (χ1) is 12.2. The molecule has 4 heteroatoms. The molecule has 3 atom stereocenters. The van der Waals surface area contributed by atoms with Crippen LogP contribution in [0.3, 0.4) is 0 Å². The van der Waals surface area contributed by atoms with Gasteiger partial charge in [0.2, 0.25) is 0 Å². The van der Waals surface area contributed by atoms with Gasteiger partial charge in [-0.1, -0.05) is 70.7 Å². The molecule has 0 fully saturated rings. The molecule has 0 heterocycles. The van der Waals surface area contributed by atoms with Crippen LogP contribution in [0.2, 0.25) is 37.8 Å². The van der Waals surface area contributed by atoms with Gasteiger partial charge in [-0.2, -0.15) is 0 Å². The number of benzene rings is 1. The summed E-state index contributed by atoms with van der Waals surface area (Å²) >= 11 is 0. The van der Waals surface area contributed by atoms with Crippen molar-refractivity contribution in [1.82, 2.24) is 5.32 Å². The molecule has 0 radical (unpaired) electrons. The molecule has 3 unspecified atom stereocenters. The molecule has 0 aliphatic rings. The molecular formula is C23H41NOSi2. The van der Waals surface area contributed by atoms with Crippen molar-refractivity contribution >= 4 is 16.4 Å². The third-order valence-corrected chi connectivity index (χ3v) is 10.9. The monoisotopic (exact) mass is 403 g/mol. The summed E-state index contributed by atoms with van der Waals surface area (Å²) in [6, 6.07) is 10.8. The Kier molecular flexibility index (Phi) is 8.56. The average molecular weight is 404 g/mol. The maximum atomic E-state index is 6.73. The van der Waals surface area contributed by atoms with Gasteiger partial charge in [0.05, 0.1) is 6.10 Å². The minimum absolute atomic E-state index is 0.125. The zero-order valence-electron chi connectivity index (χ0n) is 19.2. The minimum Gasteiger partial charge on any atom is -0.413 e. The van der Waals surface area contributed by atoms with Crippen molar-refractivity contribution in [2.24, 2.45) is 5.92 Å². The van der Waals surface area contributed by atoms with E-state index in [0.29, 0.717) is 0 Å². The molecular weight excluding hydrogens is 362 g/mol. The van der Waals surface area contributed by atoms with Crippen LogP contribution in [0.5, 0.6) is 0 Å². The van der Waals surface area contributed by atoms with Crippen LogP contribution in [0.25, 0.3) is 0 Å². The van der Waals surface area contributed by atoms with Crippen molar-refractivity contribution in [2.45, 2.75) is 91.1 Å². The SMILES string of the molecule is CC(C#C[Si](C)(C)C)C(NCc1ccccc1)C(C)O[Si](C)(C)C(C)(C)C. The standard InChI is InChI=1S/C23H41NOSi2/c1-19(16-17-26(6,7)8)22(24-18-21-14-12-11-13-15-21)20(2)25-27(9,10)23(3,4)5/h11-15,19-20,22,24H,18H2,1-10H3. The van der Waals surface area contributed by atoms with Gasteiger partial charge in [-0.3, -0.25) is 0 Å². The largest absolute Gasteiger partial charge is 0.413 e. The van der Waals surface area contributed by atoms with Gasteiger partial charge < -0.3 is 9.74 Å². The van der Waals surface area contributed by atoms with Gasteiger partial charge in [-0.05, 0) is 37.5 Å². The van der Waals surface area contributed by atoms with Crippen LogP contribution in [-0.2, 0) is 11.0 Å². The highest BCUT2D eigenvalue weighted by Gasteiger charge is 2.40. The van der Waals surface area contributed by atoms with Gasteiger partial charge in [0, 0.05) is 18.5 Å². The van der Waals surface area contributed by atoms with E-state index in [9.17, 15) is 0 Å². The van der Waals surface area contributed by atoms with Crippen LogP contribution in [0.15, 0.2) is 30.3 Å². The Morgan fingerprint density at radius 3 is 2.04 bits per heavy atom. The molecule has 2 nitrogen and oxygen atoms in total. The average Bonchev–Trinajstić information content (AvgIpc) is 2.52. The normalized spacial score (nSPS) is 16.2. The lowest BCUT2D eigenvalue weighted by molar-refractivity contribution is 0.135. The Morgan fingerprint density at radius 1 is 1.00 bits per heavy atom. The lowest BCUT2D eigenvalue weighted by Gasteiger charge is -2.41. The first kappa shape index (κ1) is 24.2. The highest BCUT2D eigenvalue weighted by molar-refractivity contribution is 6.83. The number of rotatable bonds is 7. The molecule has 152 valence electrons. The van der Waals surface area contributed by atoms with Gasteiger partial charge >= 0.3 is 0 Å². The summed E-state index contributed by atoms with van der Waals surface area (Å²) in [5.41, 5.74) is 4.85. The fourth-order valence-electron chi connectivity index (χ4n) is 2.72. The van der Waals surface area contributed by atoms with Gasteiger partial charge in [0.15, 0.2) is 8.32 Å². The molecule has 0 aromatic heterocycles. The molecule has 1 aromatic rings. The zero-order chi connectivity index (χ0) is 20.9. The highest BCUT2D eigenvalue weighted by atomic mass is 28.4. The van der Waals surface area contributed by atoms with Crippen LogP contribution in [0.1, 0.15) is 40.2 Å². The second-order valence-corrected chi connectivity index (χ2v) is 19.8. The molecule has 0 bridgehead atoms. The van der Waals surface area contributed by atoms with Crippen molar-refractivity contribution in [1.29, 1.82) is 0 Å². The first-order valence-electron chi connectivity index (χ1n) is 10.2. The summed E-state index contributed by atoms with van der Waals surface area (Å²) < 4.78 is 6.73. The van der Waals surface area contributed by atoms with Gasteiger partial charge in [-0.15, -0.1) is 11.5 Å². The van der Waals surface area contributed by atoms with Crippen LogP contribution in [0.4, 0.5) is 0 Å². The predicted molar refractivity (Wildman–Crippen MR) is 125 cm³/mol. The second-order valence-electron chi connectivity index (χ2n) is 10.3. The molecule has 1 N–H and O–H groups in total. The summed E-state index contributed by atoms with van der Waals surface area (Å²) in [6.45, 7) is 23.8. The Hall–Kier alpha value is -0.866. The molecule has 0 aliphatic heterocycles. The van der Waals surface area contributed by atoms with Crippen molar-refractivity contribution < 1.29 is 4.43 Å². The van der Waals surface area contributed by atoms with E-state index >= 15 is 0 Å². The number of hydrogen-bond donors (Lipinski definition) is 1. The van der Waals surface area contributed by atoms with E-state index in [1.807, 2.05) is 0 Å². The van der Waals surface area contributed by atoms with Crippen molar-refractivity contribution in [3.05, 3.63) is 35.9 Å². The van der Waals surface area contributed by atoms with E-state index in [-0.39, 0.29) is 23.1 Å². The molecule has 0 aliphatic carbocycles. The van der Waals surface area contributed by atoms with Gasteiger partial charge in [0.25, 0.3) is 0 Å². The summed E-state index contributed by atoms with van der Waals surface area (Å²) in [7, 11) is -3.21. The molecule has 27 heavy (non-hydrogen) atoms. The molecule has 0 amide bonds. The van der Waals surface area contributed by atoms with Gasteiger partial charge in [-0.25, -0.2) is 0 Å². The first-order valence-corrected chi connectivity index (χ1v) is 16.6. The topological polar surface area (TPSA) is 21.3 Å². The summed E-state index contributed by atoms with van der Waals surface area (Å²) in [5.74, 6) is 3.80. The lowest BCUT2D eigenvalue weighted by atomic mass is 9.98. The van der Waals surface area contributed by atoms with E-state index in [4.69, 9.17) is 4.43 Å². The summed E-state index contributed by atoms with van der Waals surface area (Å²) in [4.78, 5) is 0. The maximum Gasteiger partial charge on any atom is 0.192 e. The fraction of sp³-hybridized carbons (Fsp3) is 0.652. The van der Waals surface area contributed by atoms with Crippen molar-refractivity contribution in [3.8, 4) is 11.5 Å². The smallest absolute Gasteiger partial charge is 0.192 e. The third-order valence-electron chi connectivity index (χ3n) is 5.39. The minimum atomic E-state index is -1.82. The number of nitrogens with one attached hydrogen (secondary N) is 1. The van der Waals surface area contributed by atoms with E-state index in [1.54, 1.807) is 0 Å². The lowest BCUT2D eigenvalue weighted by Crippen LogP contribution is -2.51. The van der Waals surface area contributed by atoms with E-state index in [2.05, 4.69) is 114 Å². The third kappa shape index (κ3) is 8.35. The van der Waals surface area contributed by atoms with Crippen molar-refractivity contribution in [3.63, 3.8) is 0 Å². The van der Waals surface area contributed by atoms with Crippen LogP contribution in [-0.4, -0.2) is 28.5 Å². The van der Waals surface area contributed by atoms with E-state index < -0.39 is 16.4 Å². The molecule has 1 aromatic carbocycles. The van der Waals surface area contributed by atoms with Crippen LogP contribution < -0.4 is 5.32 Å². The fourth-order valence-corrected chi connectivity index (χ4v) is 4.81.